The normalized spacial score (nSPS) is 22.4. The van der Waals surface area contributed by atoms with Crippen LogP contribution in [0.2, 0.25) is 0 Å². The lowest BCUT2D eigenvalue weighted by Gasteiger charge is -2.34. The zero-order chi connectivity index (χ0) is 17.8. The third-order valence-electron chi connectivity index (χ3n) is 5.15. The van der Waals surface area contributed by atoms with E-state index in [0.29, 0.717) is 5.75 Å². The lowest BCUT2D eigenvalue weighted by Crippen LogP contribution is -2.41. The number of nitrogens with one attached hydrogen (secondary N) is 1. The summed E-state index contributed by atoms with van der Waals surface area (Å²) in [6.45, 7) is 2.99. The number of para-hydroxylation sites is 1. The van der Waals surface area contributed by atoms with E-state index in [2.05, 4.69) is 17.5 Å². The van der Waals surface area contributed by atoms with Crippen molar-refractivity contribution in [2.45, 2.75) is 37.7 Å². The maximum atomic E-state index is 12.3. The van der Waals surface area contributed by atoms with Gasteiger partial charge < -0.3 is 9.64 Å². The van der Waals surface area contributed by atoms with Gasteiger partial charge in [-0.2, -0.15) is 12.6 Å². The summed E-state index contributed by atoms with van der Waals surface area (Å²) < 4.78 is 5.98. The number of carbonyl (C=O) groups excluding carboxylic acids is 1. The molecule has 0 bridgehead atoms. The van der Waals surface area contributed by atoms with E-state index >= 15 is 0 Å². The fraction of sp³-hybridized carbons (Fsp3) is 0.579. The van der Waals surface area contributed by atoms with Crippen LogP contribution in [0.3, 0.4) is 0 Å². The lowest BCUT2D eigenvalue weighted by atomic mass is 9.89. The third-order valence-corrected chi connectivity index (χ3v) is 5.56. The monoisotopic (exact) mass is 361 g/mol. The van der Waals surface area contributed by atoms with Gasteiger partial charge in [-0.1, -0.05) is 24.6 Å². The minimum Gasteiger partial charge on any atom is -0.475 e. The molecule has 2 atom stereocenters. The highest BCUT2D eigenvalue weighted by Gasteiger charge is 2.33. The number of nitrogens with zero attached hydrogens (tertiary/aromatic N) is 2. The van der Waals surface area contributed by atoms with E-state index in [0.717, 1.165) is 30.9 Å². The molecule has 1 N–H and O–H groups in total. The van der Waals surface area contributed by atoms with Gasteiger partial charge in [-0.3, -0.25) is 15.1 Å². The number of fused-ring (bicyclic) bond motifs is 1. The number of thiol groups is 1. The molecule has 2 aliphatic heterocycles. The molecule has 0 saturated carbocycles. The Morgan fingerprint density at radius 1 is 1.32 bits per heavy atom. The van der Waals surface area contributed by atoms with Crippen molar-refractivity contribution >= 4 is 30.1 Å². The molecule has 1 aromatic carbocycles. The van der Waals surface area contributed by atoms with Crippen LogP contribution in [0.15, 0.2) is 24.3 Å². The molecular formula is C19H27N3O2S. The van der Waals surface area contributed by atoms with Crippen LogP contribution in [-0.4, -0.2) is 55.2 Å². The maximum Gasteiger partial charge on any atom is 0.227 e. The highest BCUT2D eigenvalue weighted by molar-refractivity contribution is 7.80. The molecule has 6 heteroatoms. The molecule has 0 aromatic heterocycles. The van der Waals surface area contributed by atoms with Crippen LogP contribution in [0.25, 0.3) is 0 Å². The number of hydrogen-bond donors (Lipinski definition) is 2. The second kappa shape index (κ2) is 8.23. The van der Waals surface area contributed by atoms with E-state index in [1.54, 1.807) is 11.9 Å². The fourth-order valence-electron chi connectivity index (χ4n) is 3.70. The molecule has 1 aromatic rings. The van der Waals surface area contributed by atoms with Gasteiger partial charge in [0, 0.05) is 31.5 Å². The Bertz CT molecular complexity index is 631. The molecule has 1 amide bonds. The van der Waals surface area contributed by atoms with Crippen molar-refractivity contribution in [2.75, 3.05) is 37.3 Å². The van der Waals surface area contributed by atoms with Crippen molar-refractivity contribution in [3.8, 4) is 0 Å². The Balaban J connectivity index is 1.69. The van der Waals surface area contributed by atoms with Gasteiger partial charge in [0.05, 0.1) is 5.92 Å². The molecule has 0 spiro atoms. The van der Waals surface area contributed by atoms with Crippen molar-refractivity contribution in [3.05, 3.63) is 29.8 Å². The molecule has 136 valence electrons. The Morgan fingerprint density at radius 3 is 2.76 bits per heavy atom. The van der Waals surface area contributed by atoms with Gasteiger partial charge in [-0.25, -0.2) is 0 Å². The number of rotatable bonds is 5. The van der Waals surface area contributed by atoms with Crippen molar-refractivity contribution in [1.29, 1.82) is 5.41 Å². The Labute approximate surface area is 155 Å². The number of carbonyl (C=O) groups is 1. The van der Waals surface area contributed by atoms with E-state index in [9.17, 15) is 4.79 Å². The molecule has 2 aliphatic rings. The predicted molar refractivity (Wildman–Crippen MR) is 104 cm³/mol. The van der Waals surface area contributed by atoms with Gasteiger partial charge in [-0.05, 0) is 37.6 Å². The van der Waals surface area contributed by atoms with Crippen molar-refractivity contribution < 1.29 is 9.53 Å². The number of amides is 1. The standard InChI is InChI=1S/C19H27N3O2S/c1-21-17-8-4-3-7-15(17)16(11-18(21)23)19(20)24-14(13-25)12-22-9-5-2-6-10-22/h3-4,7-8,14,16,20,25H,2,5-6,9-13H2,1H3. The number of ether oxygens (including phenoxy) is 1. The summed E-state index contributed by atoms with van der Waals surface area (Å²) in [6, 6.07) is 7.78. The molecule has 2 unspecified atom stereocenters. The first-order valence-electron chi connectivity index (χ1n) is 9.04. The first kappa shape index (κ1) is 18.3. The van der Waals surface area contributed by atoms with Gasteiger partial charge in [0.1, 0.15) is 6.10 Å². The van der Waals surface area contributed by atoms with Gasteiger partial charge in [-0.15, -0.1) is 0 Å². The second-order valence-corrected chi connectivity index (χ2v) is 7.28. The number of hydrogen-bond acceptors (Lipinski definition) is 5. The molecular weight excluding hydrogens is 334 g/mol. The molecule has 0 radical (unpaired) electrons. The SMILES string of the molecule is CN1C(=O)CC(C(=N)OC(CS)CN2CCCCC2)c2ccccc21. The predicted octanol–water partition coefficient (Wildman–Crippen LogP) is 2.91. The molecule has 2 heterocycles. The molecule has 3 rings (SSSR count). The molecule has 0 aliphatic carbocycles. The number of anilines is 1. The summed E-state index contributed by atoms with van der Waals surface area (Å²) in [5.41, 5.74) is 1.86. The highest BCUT2D eigenvalue weighted by Crippen LogP contribution is 2.36. The summed E-state index contributed by atoms with van der Waals surface area (Å²) in [7, 11) is 1.79. The van der Waals surface area contributed by atoms with Crippen LogP contribution < -0.4 is 4.90 Å². The smallest absolute Gasteiger partial charge is 0.227 e. The zero-order valence-electron chi connectivity index (χ0n) is 14.8. The zero-order valence-corrected chi connectivity index (χ0v) is 15.7. The fourth-order valence-corrected chi connectivity index (χ4v) is 3.89. The Kier molecular flexibility index (Phi) is 6.02. The van der Waals surface area contributed by atoms with E-state index < -0.39 is 0 Å². The summed E-state index contributed by atoms with van der Waals surface area (Å²) >= 11 is 4.42. The van der Waals surface area contributed by atoms with Gasteiger partial charge in [0.25, 0.3) is 0 Å². The van der Waals surface area contributed by atoms with Crippen molar-refractivity contribution in [3.63, 3.8) is 0 Å². The van der Waals surface area contributed by atoms with E-state index in [1.807, 2.05) is 24.3 Å². The second-order valence-electron chi connectivity index (χ2n) is 6.92. The van der Waals surface area contributed by atoms with E-state index in [4.69, 9.17) is 10.1 Å². The minimum absolute atomic E-state index is 0.0236. The first-order valence-corrected chi connectivity index (χ1v) is 9.67. The quantitative estimate of drug-likeness (QED) is 0.482. The third kappa shape index (κ3) is 4.18. The molecule has 5 nitrogen and oxygen atoms in total. The molecule has 1 saturated heterocycles. The van der Waals surface area contributed by atoms with E-state index in [-0.39, 0.29) is 30.2 Å². The molecule has 25 heavy (non-hydrogen) atoms. The number of likely N-dealkylation sites (tertiary alicyclic amines) is 1. The van der Waals surface area contributed by atoms with Crippen molar-refractivity contribution in [1.82, 2.24) is 4.90 Å². The lowest BCUT2D eigenvalue weighted by molar-refractivity contribution is -0.118. The van der Waals surface area contributed by atoms with Gasteiger partial charge in [0.2, 0.25) is 5.91 Å². The summed E-state index contributed by atoms with van der Waals surface area (Å²) in [5.74, 6) is 0.477. The summed E-state index contributed by atoms with van der Waals surface area (Å²) in [4.78, 5) is 16.4. The Morgan fingerprint density at radius 2 is 2.04 bits per heavy atom. The summed E-state index contributed by atoms with van der Waals surface area (Å²) in [6.07, 6.45) is 3.93. The largest absolute Gasteiger partial charge is 0.475 e. The highest BCUT2D eigenvalue weighted by atomic mass is 32.1. The maximum absolute atomic E-state index is 12.3. The van der Waals surface area contributed by atoms with Crippen LogP contribution in [0.5, 0.6) is 0 Å². The van der Waals surface area contributed by atoms with Crippen LogP contribution in [0.4, 0.5) is 5.69 Å². The number of benzene rings is 1. The minimum atomic E-state index is -0.302. The van der Waals surface area contributed by atoms with Crippen LogP contribution in [0, 0.1) is 5.41 Å². The van der Waals surface area contributed by atoms with Gasteiger partial charge in [0.15, 0.2) is 5.90 Å². The first-order chi connectivity index (χ1) is 12.1. The van der Waals surface area contributed by atoms with Gasteiger partial charge >= 0.3 is 0 Å². The topological polar surface area (TPSA) is 56.6 Å². The summed E-state index contributed by atoms with van der Waals surface area (Å²) in [5, 5.41) is 8.48. The van der Waals surface area contributed by atoms with Crippen molar-refractivity contribution in [2.24, 2.45) is 0 Å². The average molecular weight is 362 g/mol. The molecule has 1 fully saturated rings. The Hall–Kier alpha value is -1.53. The van der Waals surface area contributed by atoms with Crippen LogP contribution >= 0.6 is 12.6 Å². The number of piperidine rings is 1. The van der Waals surface area contributed by atoms with E-state index in [1.165, 1.54) is 19.3 Å². The van der Waals surface area contributed by atoms with Crippen LogP contribution in [0.1, 0.15) is 37.2 Å². The average Bonchev–Trinajstić information content (AvgIpc) is 2.65. The van der Waals surface area contributed by atoms with Crippen LogP contribution in [-0.2, 0) is 9.53 Å².